The van der Waals surface area contributed by atoms with Gasteiger partial charge in [-0.25, -0.2) is 0 Å². The second kappa shape index (κ2) is 13.0. The smallest absolute Gasteiger partial charge is 0.303 e. The van der Waals surface area contributed by atoms with E-state index in [4.69, 9.17) is 14.2 Å². The highest BCUT2D eigenvalue weighted by molar-refractivity contribution is 7.99. The van der Waals surface area contributed by atoms with E-state index in [-0.39, 0.29) is 24.7 Å². The van der Waals surface area contributed by atoms with Crippen LogP contribution in [0.25, 0.3) is 0 Å². The lowest BCUT2D eigenvalue weighted by atomic mass is 10.0. The number of aliphatic hydroxyl groups is 1. The molecule has 0 saturated carbocycles. The molecule has 1 saturated heterocycles. The molecule has 202 valence electrons. The first-order valence-electron chi connectivity index (χ1n) is 12.3. The summed E-state index contributed by atoms with van der Waals surface area (Å²) in [5, 5.41) is 21.1. The molecule has 11 heteroatoms. The normalized spacial score (nSPS) is 20.1. The Labute approximate surface area is 225 Å². The van der Waals surface area contributed by atoms with E-state index in [1.807, 2.05) is 60.1 Å². The summed E-state index contributed by atoms with van der Waals surface area (Å²) in [5.74, 6) is -0.177. The molecular weight excluding hydrogens is 508 g/mol. The van der Waals surface area contributed by atoms with E-state index in [1.165, 1.54) is 13.8 Å². The molecule has 2 N–H and O–H groups in total. The van der Waals surface area contributed by atoms with Crippen molar-refractivity contribution in [3.8, 4) is 0 Å². The minimum atomic E-state index is -0.851. The molecule has 0 unspecified atom stereocenters. The number of nitrogens with one attached hydrogen (secondary N) is 1. The predicted molar refractivity (Wildman–Crippen MR) is 140 cm³/mol. The summed E-state index contributed by atoms with van der Waals surface area (Å²) in [6.07, 6.45) is 0.625. The SMILES string of the molecule is CC(=O)O[C@@H](C)C(=O)NCc1ccc([C@H]2O[C@@H](CSc3nncn3C)C[C@@H](c3ccc(CO)cc3)O2)cc1. The number of carbonyl (C=O) groups excluding carboxylic acids is 2. The van der Waals surface area contributed by atoms with Gasteiger partial charge in [-0.15, -0.1) is 10.2 Å². The summed E-state index contributed by atoms with van der Waals surface area (Å²) in [6.45, 7) is 3.09. The van der Waals surface area contributed by atoms with Gasteiger partial charge in [0.1, 0.15) is 6.33 Å². The van der Waals surface area contributed by atoms with Gasteiger partial charge in [0.25, 0.3) is 5.91 Å². The molecule has 1 aliphatic heterocycles. The van der Waals surface area contributed by atoms with Gasteiger partial charge < -0.3 is 29.2 Å². The van der Waals surface area contributed by atoms with Crippen molar-refractivity contribution >= 4 is 23.6 Å². The maximum absolute atomic E-state index is 12.1. The second-order valence-corrected chi connectivity index (χ2v) is 10.1. The highest BCUT2D eigenvalue weighted by Gasteiger charge is 2.32. The van der Waals surface area contributed by atoms with Crippen LogP contribution in [0.1, 0.15) is 54.9 Å². The topological polar surface area (TPSA) is 125 Å². The van der Waals surface area contributed by atoms with Gasteiger partial charge in [0.2, 0.25) is 0 Å². The molecule has 1 aromatic heterocycles. The summed E-state index contributed by atoms with van der Waals surface area (Å²) < 4.78 is 19.5. The molecule has 4 rings (SSSR count). The number of esters is 1. The fourth-order valence-corrected chi connectivity index (χ4v) is 4.93. The molecule has 1 amide bonds. The van der Waals surface area contributed by atoms with Gasteiger partial charge in [-0.2, -0.15) is 0 Å². The molecule has 0 spiro atoms. The highest BCUT2D eigenvalue weighted by Crippen LogP contribution is 2.39. The summed E-state index contributed by atoms with van der Waals surface area (Å²) in [5.41, 5.74) is 3.61. The van der Waals surface area contributed by atoms with Crippen LogP contribution in [0, 0.1) is 0 Å². The van der Waals surface area contributed by atoms with Crippen LogP contribution in [-0.4, -0.2) is 49.7 Å². The van der Waals surface area contributed by atoms with Crippen molar-refractivity contribution in [2.24, 2.45) is 7.05 Å². The van der Waals surface area contributed by atoms with Crippen molar-refractivity contribution in [2.45, 2.75) is 63.2 Å². The zero-order chi connectivity index (χ0) is 27.1. The zero-order valence-corrected chi connectivity index (χ0v) is 22.4. The van der Waals surface area contributed by atoms with Crippen LogP contribution in [0.4, 0.5) is 0 Å². The lowest BCUT2D eigenvalue weighted by Gasteiger charge is -2.36. The zero-order valence-electron chi connectivity index (χ0n) is 21.6. The minimum absolute atomic E-state index is 0.00995. The maximum Gasteiger partial charge on any atom is 0.303 e. The number of hydrogen-bond acceptors (Lipinski definition) is 9. The Morgan fingerprint density at radius 1 is 1.13 bits per heavy atom. The Bertz CT molecular complexity index is 1220. The van der Waals surface area contributed by atoms with E-state index in [9.17, 15) is 14.7 Å². The number of ether oxygens (including phenoxy) is 3. The Kier molecular flexibility index (Phi) is 9.51. The van der Waals surface area contributed by atoms with Crippen LogP contribution >= 0.6 is 11.8 Å². The molecule has 2 heterocycles. The molecule has 0 aliphatic carbocycles. The second-order valence-electron chi connectivity index (χ2n) is 9.10. The first-order valence-corrected chi connectivity index (χ1v) is 13.3. The van der Waals surface area contributed by atoms with Gasteiger partial charge in [-0.05, 0) is 23.6 Å². The van der Waals surface area contributed by atoms with E-state index in [0.29, 0.717) is 18.7 Å². The number of aliphatic hydroxyl groups excluding tert-OH is 1. The van der Waals surface area contributed by atoms with Gasteiger partial charge in [0.05, 0.1) is 18.8 Å². The minimum Gasteiger partial charge on any atom is -0.453 e. The first-order chi connectivity index (χ1) is 18.3. The van der Waals surface area contributed by atoms with Crippen LogP contribution < -0.4 is 5.32 Å². The third-order valence-corrected chi connectivity index (χ3v) is 7.28. The quantitative estimate of drug-likeness (QED) is 0.295. The molecule has 38 heavy (non-hydrogen) atoms. The molecule has 4 atom stereocenters. The van der Waals surface area contributed by atoms with E-state index in [0.717, 1.165) is 27.4 Å². The highest BCUT2D eigenvalue weighted by atomic mass is 32.2. The average molecular weight is 541 g/mol. The standard InChI is InChI=1S/C27H32N4O6S/c1-17(35-18(2)33)25(34)28-13-19-4-10-22(11-5-19)26-36-23(15-38-27-30-29-16-31(27)3)12-24(37-26)21-8-6-20(14-32)7-9-21/h4-11,16-17,23-24,26,32H,12-15H2,1-3H3,(H,28,34)/t17-,23+,24-,26-/m0/s1. The third kappa shape index (κ3) is 7.41. The van der Waals surface area contributed by atoms with Gasteiger partial charge in [-0.1, -0.05) is 60.3 Å². The number of nitrogens with zero attached hydrogens (tertiary/aromatic N) is 3. The summed E-state index contributed by atoms with van der Waals surface area (Å²) in [6, 6.07) is 15.4. The molecule has 0 bridgehead atoms. The van der Waals surface area contributed by atoms with Gasteiger partial charge in [0, 0.05) is 38.3 Å². The maximum atomic E-state index is 12.1. The number of amides is 1. The number of rotatable bonds is 10. The van der Waals surface area contributed by atoms with Gasteiger partial charge in [0.15, 0.2) is 17.6 Å². The van der Waals surface area contributed by atoms with Crippen molar-refractivity contribution < 1.29 is 28.9 Å². The van der Waals surface area contributed by atoms with Crippen LogP contribution in [-0.2, 0) is 44.0 Å². The van der Waals surface area contributed by atoms with Gasteiger partial charge >= 0.3 is 5.97 Å². The average Bonchev–Trinajstić information content (AvgIpc) is 3.34. The number of hydrogen-bond donors (Lipinski definition) is 2. The number of aromatic nitrogens is 3. The largest absolute Gasteiger partial charge is 0.453 e. The Morgan fingerprint density at radius 2 is 1.82 bits per heavy atom. The van der Waals surface area contributed by atoms with Gasteiger partial charge in [-0.3, -0.25) is 9.59 Å². The fourth-order valence-electron chi connectivity index (χ4n) is 4.02. The Morgan fingerprint density at radius 3 is 2.45 bits per heavy atom. The molecule has 10 nitrogen and oxygen atoms in total. The summed E-state index contributed by atoms with van der Waals surface area (Å²) in [7, 11) is 1.91. The molecular formula is C27H32N4O6S. The van der Waals surface area contributed by atoms with Crippen molar-refractivity contribution in [2.75, 3.05) is 5.75 Å². The summed E-state index contributed by atoms with van der Waals surface area (Å²) >= 11 is 1.58. The number of benzene rings is 2. The Hall–Kier alpha value is -3.25. The van der Waals surface area contributed by atoms with Crippen molar-refractivity contribution in [3.05, 3.63) is 77.1 Å². The van der Waals surface area contributed by atoms with E-state index in [2.05, 4.69) is 15.5 Å². The molecule has 1 aliphatic rings. The summed E-state index contributed by atoms with van der Waals surface area (Å²) in [4.78, 5) is 23.2. The first kappa shape index (κ1) is 27.8. The number of carbonyl (C=O) groups is 2. The van der Waals surface area contributed by atoms with Crippen LogP contribution in [0.2, 0.25) is 0 Å². The fraction of sp³-hybridized carbons (Fsp3) is 0.407. The van der Waals surface area contributed by atoms with E-state index >= 15 is 0 Å². The molecule has 3 aromatic rings. The lowest BCUT2D eigenvalue weighted by molar-refractivity contribution is -0.245. The molecule has 2 aromatic carbocycles. The lowest BCUT2D eigenvalue weighted by Crippen LogP contribution is -2.35. The molecule has 1 fully saturated rings. The number of aryl methyl sites for hydroxylation is 1. The van der Waals surface area contributed by atoms with Crippen molar-refractivity contribution in [3.63, 3.8) is 0 Å². The van der Waals surface area contributed by atoms with E-state index in [1.54, 1.807) is 18.1 Å². The Balaban J connectivity index is 1.44. The predicted octanol–water partition coefficient (Wildman–Crippen LogP) is 3.21. The van der Waals surface area contributed by atoms with Crippen molar-refractivity contribution in [1.82, 2.24) is 20.1 Å². The number of thioether (sulfide) groups is 1. The van der Waals surface area contributed by atoms with Crippen LogP contribution in [0.3, 0.4) is 0 Å². The molecule has 0 radical (unpaired) electrons. The third-order valence-electron chi connectivity index (χ3n) is 6.11. The van der Waals surface area contributed by atoms with E-state index < -0.39 is 18.4 Å². The van der Waals surface area contributed by atoms with Crippen LogP contribution in [0.5, 0.6) is 0 Å². The monoisotopic (exact) mass is 540 g/mol. The van der Waals surface area contributed by atoms with Crippen LogP contribution in [0.15, 0.2) is 60.0 Å². The van der Waals surface area contributed by atoms with Crippen molar-refractivity contribution in [1.29, 1.82) is 0 Å².